The first-order valence-corrected chi connectivity index (χ1v) is 30.9. The number of ether oxygens (including phenoxy) is 2. The van der Waals surface area contributed by atoms with Gasteiger partial charge in [0.15, 0.2) is 0 Å². The van der Waals surface area contributed by atoms with Gasteiger partial charge in [0.25, 0.3) is 13.4 Å². The van der Waals surface area contributed by atoms with E-state index in [1.165, 1.54) is 10.9 Å². The Morgan fingerprint density at radius 1 is 0.222 bits per heavy atom. The highest BCUT2D eigenvalue weighted by Crippen LogP contribution is 2.45. The number of benzene rings is 14. The van der Waals surface area contributed by atoms with E-state index in [0.717, 1.165) is 167 Å². The summed E-state index contributed by atoms with van der Waals surface area (Å²) < 4.78 is 27.4. The Bertz CT molecular complexity index is 5350. The van der Waals surface area contributed by atoms with E-state index in [2.05, 4.69) is 309 Å². The summed E-state index contributed by atoms with van der Waals surface area (Å²) in [4.78, 5) is 0. The van der Waals surface area contributed by atoms with Crippen LogP contribution in [0.5, 0.6) is 23.0 Å². The van der Waals surface area contributed by atoms with Crippen LogP contribution in [0, 0.1) is 0 Å². The van der Waals surface area contributed by atoms with Gasteiger partial charge in [0, 0.05) is 32.7 Å². The molecule has 18 rings (SSSR count). The molecule has 4 nitrogen and oxygen atoms in total. The maximum absolute atomic E-state index is 7.18. The van der Waals surface area contributed by atoms with E-state index < -0.39 is 0 Å². The Balaban J connectivity index is 0.818. The van der Waals surface area contributed by atoms with E-state index in [9.17, 15) is 0 Å². The van der Waals surface area contributed by atoms with Crippen molar-refractivity contribution in [3.8, 4) is 101 Å². The van der Waals surface area contributed by atoms with Crippen molar-refractivity contribution in [2.24, 2.45) is 0 Å². The van der Waals surface area contributed by atoms with Crippen LogP contribution in [0.25, 0.3) is 122 Å². The van der Waals surface area contributed by atoms with Gasteiger partial charge in [-0.15, -0.1) is 0 Å². The molecular weight excluding hydrogens is 1090 g/mol. The highest BCUT2D eigenvalue weighted by Gasteiger charge is 2.39. The van der Waals surface area contributed by atoms with Gasteiger partial charge in [0.05, 0.1) is 0 Å². The molecule has 6 heteroatoms. The third kappa shape index (κ3) is 8.33. The number of hydrogen-bond donors (Lipinski definition) is 0. The van der Waals surface area contributed by atoms with Crippen LogP contribution >= 0.6 is 0 Å². The molecule has 2 aliphatic heterocycles. The molecule has 0 unspecified atom stereocenters. The normalized spacial score (nSPS) is 12.4. The largest absolute Gasteiger partial charge is 0.458 e. The number of para-hydroxylation sites is 7. The van der Waals surface area contributed by atoms with Gasteiger partial charge in [0.1, 0.15) is 45.3 Å². The van der Waals surface area contributed by atoms with Crippen molar-refractivity contribution in [3.63, 3.8) is 0 Å². The first-order chi connectivity index (χ1) is 44.7. The molecule has 0 aliphatic carbocycles. The van der Waals surface area contributed by atoms with Gasteiger partial charge in [-0.05, 0) is 137 Å². The van der Waals surface area contributed by atoms with E-state index in [0.29, 0.717) is 0 Å². The molecule has 0 N–H and O–H groups in total. The summed E-state index contributed by atoms with van der Waals surface area (Å²) >= 11 is 0. The van der Waals surface area contributed by atoms with Crippen LogP contribution in [-0.4, -0.2) is 13.4 Å². The number of furan rings is 2. The van der Waals surface area contributed by atoms with Crippen LogP contribution in [0.3, 0.4) is 0 Å². The summed E-state index contributed by atoms with van der Waals surface area (Å²) in [7, 11) is 0. The summed E-state index contributed by atoms with van der Waals surface area (Å²) in [5.74, 6) is 3.45. The summed E-state index contributed by atoms with van der Waals surface area (Å²) in [5.41, 5.74) is 25.8. The fourth-order valence-electron chi connectivity index (χ4n) is 14.7. The van der Waals surface area contributed by atoms with Crippen molar-refractivity contribution >= 4 is 90.1 Å². The lowest BCUT2D eigenvalue weighted by atomic mass is 9.34. The third-order valence-electron chi connectivity index (χ3n) is 18.6. The molecule has 0 atom stereocenters. The predicted octanol–water partition coefficient (Wildman–Crippen LogP) is 18.4. The zero-order chi connectivity index (χ0) is 59.2. The van der Waals surface area contributed by atoms with Crippen LogP contribution in [0.2, 0.25) is 0 Å². The second-order valence-corrected chi connectivity index (χ2v) is 23.6. The monoisotopic (exact) mass is 1150 g/mol. The van der Waals surface area contributed by atoms with Crippen molar-refractivity contribution < 1.29 is 18.3 Å². The molecule has 418 valence electrons. The molecular formula is C84H52B2O4. The molecule has 14 aromatic carbocycles. The van der Waals surface area contributed by atoms with Gasteiger partial charge < -0.3 is 18.3 Å². The van der Waals surface area contributed by atoms with Crippen LogP contribution in [0.15, 0.2) is 324 Å². The molecule has 4 heterocycles. The molecule has 0 radical (unpaired) electrons. The molecule has 16 aromatic rings. The first-order valence-electron chi connectivity index (χ1n) is 30.9. The molecule has 0 fully saturated rings. The lowest BCUT2D eigenvalue weighted by molar-refractivity contribution is 0.487. The predicted molar refractivity (Wildman–Crippen MR) is 374 cm³/mol. The molecule has 0 saturated heterocycles. The third-order valence-corrected chi connectivity index (χ3v) is 18.6. The quantitative estimate of drug-likeness (QED) is 0.135. The zero-order valence-corrected chi connectivity index (χ0v) is 48.8. The SMILES string of the molecule is c1ccc(-c2cc(-c3cccc4c3oc3cccc(-c5ccc(-c6ccc(-c7cccc8c7oc7ccccc78)c(-c7ccccc7)c6B6c7ccccc7Oc7ccccc76)cc5)c34)cc(-c3ccccc3)c2B2c3ccccc3Oc3ccccc32)cc1. The molecule has 0 spiro atoms. The van der Waals surface area contributed by atoms with Gasteiger partial charge in [-0.25, -0.2) is 0 Å². The van der Waals surface area contributed by atoms with E-state index >= 15 is 0 Å². The lowest BCUT2D eigenvalue weighted by Crippen LogP contribution is -2.56. The van der Waals surface area contributed by atoms with E-state index in [-0.39, 0.29) is 13.4 Å². The topological polar surface area (TPSA) is 44.7 Å². The van der Waals surface area contributed by atoms with Crippen LogP contribution < -0.4 is 42.3 Å². The highest BCUT2D eigenvalue weighted by atomic mass is 16.5. The molecule has 0 amide bonds. The highest BCUT2D eigenvalue weighted by molar-refractivity contribution is 6.99. The number of fused-ring (bicyclic) bond motifs is 10. The van der Waals surface area contributed by atoms with Gasteiger partial charge in [0.2, 0.25) is 0 Å². The maximum Gasteiger partial charge on any atom is 0.252 e. The average molecular weight is 1150 g/mol. The fraction of sp³-hybridized carbons (Fsp3) is 0. The lowest BCUT2D eigenvalue weighted by Gasteiger charge is -2.30. The van der Waals surface area contributed by atoms with Crippen molar-refractivity contribution in [1.82, 2.24) is 0 Å². The van der Waals surface area contributed by atoms with Crippen LogP contribution in [-0.2, 0) is 0 Å². The van der Waals surface area contributed by atoms with Crippen LogP contribution in [0.4, 0.5) is 0 Å². The standard InChI is InChI=1S/C84H52B2O4/c1-4-23-53(24-5-1)67-51-58(52-68(54-25-6-2-7-26-54)81(67)85-69-35-11-16-40-74(69)87-75-41-17-12-36-70(75)85)61-31-20-34-66-80-59(30-22-44-78(80)90-83(61)66)55-45-47-56(48-46-55)60-49-50-63(65-33-21-32-64-62-29-10-15-39-73(62)89-84(64)65)79(57-27-8-3-9-28-57)82(60)86-71-37-13-18-42-76(71)88-77-43-19-14-38-72(77)86/h1-52H. The summed E-state index contributed by atoms with van der Waals surface area (Å²) in [6, 6.07) is 113. The van der Waals surface area contributed by atoms with Crippen molar-refractivity contribution in [2.45, 2.75) is 0 Å². The minimum atomic E-state index is -0.190. The maximum atomic E-state index is 7.18. The van der Waals surface area contributed by atoms with E-state index in [1.807, 2.05) is 6.07 Å². The Kier molecular flexibility index (Phi) is 12.1. The summed E-state index contributed by atoms with van der Waals surface area (Å²) in [6.45, 7) is -0.303. The number of rotatable bonds is 9. The molecule has 90 heavy (non-hydrogen) atoms. The molecule has 0 bridgehead atoms. The Morgan fingerprint density at radius 3 is 1.21 bits per heavy atom. The first kappa shape index (κ1) is 51.6. The average Bonchev–Trinajstić information content (AvgIpc) is 0.936. The van der Waals surface area contributed by atoms with Gasteiger partial charge in [-0.1, -0.05) is 278 Å². The second-order valence-electron chi connectivity index (χ2n) is 23.6. The molecule has 2 aromatic heterocycles. The summed E-state index contributed by atoms with van der Waals surface area (Å²) in [5, 5.41) is 4.33. The Labute approximate surface area is 521 Å². The summed E-state index contributed by atoms with van der Waals surface area (Å²) in [6.07, 6.45) is 0. The zero-order valence-electron chi connectivity index (χ0n) is 48.8. The fourth-order valence-corrected chi connectivity index (χ4v) is 14.7. The number of hydrogen-bond acceptors (Lipinski definition) is 4. The van der Waals surface area contributed by atoms with Crippen molar-refractivity contribution in [2.75, 3.05) is 0 Å². The minimum Gasteiger partial charge on any atom is -0.458 e. The van der Waals surface area contributed by atoms with Crippen LogP contribution in [0.1, 0.15) is 0 Å². The minimum absolute atomic E-state index is 0.113. The van der Waals surface area contributed by atoms with Crippen molar-refractivity contribution in [3.05, 3.63) is 315 Å². The van der Waals surface area contributed by atoms with Gasteiger partial charge in [-0.2, -0.15) is 0 Å². The van der Waals surface area contributed by atoms with E-state index in [1.54, 1.807) is 0 Å². The molecule has 2 aliphatic rings. The molecule has 0 saturated carbocycles. The van der Waals surface area contributed by atoms with Crippen molar-refractivity contribution in [1.29, 1.82) is 0 Å². The second kappa shape index (κ2) is 21.1. The Hall–Kier alpha value is -11.6. The van der Waals surface area contributed by atoms with Gasteiger partial charge >= 0.3 is 0 Å². The van der Waals surface area contributed by atoms with E-state index in [4.69, 9.17) is 18.3 Å². The Morgan fingerprint density at radius 2 is 0.622 bits per heavy atom. The smallest absolute Gasteiger partial charge is 0.252 e. The van der Waals surface area contributed by atoms with Gasteiger partial charge in [-0.3, -0.25) is 0 Å².